The maximum atomic E-state index is 5.51. The number of halogens is 1. The van der Waals surface area contributed by atoms with Crippen LogP contribution in [0.2, 0.25) is 0 Å². The molecule has 2 aromatic rings. The van der Waals surface area contributed by atoms with Gasteiger partial charge in [-0.15, -0.1) is 24.0 Å². The minimum Gasteiger partial charge on any atom is -0.478 e. The Morgan fingerprint density at radius 1 is 1.10 bits per heavy atom. The van der Waals surface area contributed by atoms with Crippen LogP contribution in [0.3, 0.4) is 0 Å². The number of benzene rings is 1. The van der Waals surface area contributed by atoms with E-state index in [1.807, 2.05) is 30.5 Å². The van der Waals surface area contributed by atoms with Gasteiger partial charge in [-0.05, 0) is 43.0 Å². The van der Waals surface area contributed by atoms with Crippen LogP contribution in [0, 0.1) is 0 Å². The van der Waals surface area contributed by atoms with Crippen molar-refractivity contribution in [3.05, 3.63) is 47.7 Å². The highest BCUT2D eigenvalue weighted by Crippen LogP contribution is 2.32. The van der Waals surface area contributed by atoms with Crippen LogP contribution in [0.15, 0.2) is 41.5 Å². The summed E-state index contributed by atoms with van der Waals surface area (Å²) >= 11 is 0. The van der Waals surface area contributed by atoms with Gasteiger partial charge in [-0.2, -0.15) is 0 Å². The number of nitrogens with zero attached hydrogens (tertiary/aromatic N) is 2. The average molecular weight is 512 g/mol. The van der Waals surface area contributed by atoms with Crippen molar-refractivity contribution in [3.63, 3.8) is 0 Å². The predicted octanol–water partition coefficient (Wildman–Crippen LogP) is 3.51. The van der Waals surface area contributed by atoms with Gasteiger partial charge in [-0.3, -0.25) is 0 Å². The maximum Gasteiger partial charge on any atom is 0.231 e. The van der Waals surface area contributed by atoms with E-state index >= 15 is 0 Å². The van der Waals surface area contributed by atoms with Crippen LogP contribution in [0.25, 0.3) is 0 Å². The summed E-state index contributed by atoms with van der Waals surface area (Å²) in [5.41, 5.74) is 2.23. The van der Waals surface area contributed by atoms with Crippen molar-refractivity contribution < 1.29 is 14.2 Å². The summed E-state index contributed by atoms with van der Waals surface area (Å²) in [5.74, 6) is 3.07. The molecule has 29 heavy (non-hydrogen) atoms. The van der Waals surface area contributed by atoms with Gasteiger partial charge in [0.2, 0.25) is 12.7 Å². The molecule has 0 atom stereocenters. The van der Waals surface area contributed by atoms with E-state index in [0.29, 0.717) is 25.8 Å². The first kappa shape index (κ1) is 23.1. The molecule has 2 heterocycles. The second-order valence-corrected chi connectivity index (χ2v) is 6.41. The summed E-state index contributed by atoms with van der Waals surface area (Å²) in [5, 5.41) is 6.64. The van der Waals surface area contributed by atoms with Gasteiger partial charge in [0.05, 0.1) is 13.2 Å². The molecule has 0 aliphatic carbocycles. The number of ether oxygens (including phenoxy) is 3. The summed E-state index contributed by atoms with van der Waals surface area (Å²) in [7, 11) is 0. The first-order chi connectivity index (χ1) is 13.8. The highest BCUT2D eigenvalue weighted by atomic mass is 127. The molecule has 0 fully saturated rings. The number of hydrogen-bond acceptors (Lipinski definition) is 5. The molecule has 0 saturated carbocycles. The Balaban J connectivity index is 0.00000300. The number of pyridine rings is 1. The lowest BCUT2D eigenvalue weighted by molar-refractivity contribution is 0.174. The Morgan fingerprint density at radius 3 is 2.69 bits per heavy atom. The van der Waals surface area contributed by atoms with Gasteiger partial charge >= 0.3 is 0 Å². The Morgan fingerprint density at radius 2 is 1.93 bits per heavy atom. The molecule has 1 aromatic heterocycles. The lowest BCUT2D eigenvalue weighted by Gasteiger charge is -2.11. The predicted molar refractivity (Wildman–Crippen MR) is 125 cm³/mol. The van der Waals surface area contributed by atoms with Crippen LogP contribution < -0.4 is 24.8 Å². The third-order valence-electron chi connectivity index (χ3n) is 4.16. The Labute approximate surface area is 189 Å². The van der Waals surface area contributed by atoms with Gasteiger partial charge in [0, 0.05) is 25.4 Å². The normalized spacial score (nSPS) is 12.3. The fourth-order valence-electron chi connectivity index (χ4n) is 2.73. The Bertz CT molecular complexity index is 784. The highest BCUT2D eigenvalue weighted by molar-refractivity contribution is 14.0. The molecule has 3 rings (SSSR count). The van der Waals surface area contributed by atoms with Crippen molar-refractivity contribution in [1.82, 2.24) is 15.6 Å². The summed E-state index contributed by atoms with van der Waals surface area (Å²) in [6, 6.07) is 9.94. The SMILES string of the molecule is CCCOc1ccc(CN=C(NCC)NCCc2ccc3c(c2)OCO3)cn1.I. The molecule has 1 aliphatic heterocycles. The minimum atomic E-state index is 0. The zero-order valence-corrected chi connectivity index (χ0v) is 19.3. The van der Waals surface area contributed by atoms with E-state index in [-0.39, 0.29) is 24.0 Å². The minimum absolute atomic E-state index is 0. The number of aliphatic imine (C=N–C) groups is 1. The number of aromatic nitrogens is 1. The highest BCUT2D eigenvalue weighted by Gasteiger charge is 2.12. The summed E-state index contributed by atoms with van der Waals surface area (Å²) in [4.78, 5) is 8.95. The van der Waals surface area contributed by atoms with Crippen LogP contribution in [0.4, 0.5) is 0 Å². The zero-order valence-electron chi connectivity index (χ0n) is 16.9. The zero-order chi connectivity index (χ0) is 19.6. The van der Waals surface area contributed by atoms with E-state index in [1.165, 1.54) is 5.56 Å². The van der Waals surface area contributed by atoms with Crippen molar-refractivity contribution in [3.8, 4) is 17.4 Å². The van der Waals surface area contributed by atoms with E-state index in [4.69, 9.17) is 14.2 Å². The lowest BCUT2D eigenvalue weighted by atomic mass is 10.1. The van der Waals surface area contributed by atoms with Crippen LogP contribution in [0.1, 0.15) is 31.4 Å². The Kier molecular flexibility index (Phi) is 9.82. The number of rotatable bonds is 9. The van der Waals surface area contributed by atoms with Crippen LogP contribution in [-0.4, -0.2) is 37.4 Å². The first-order valence-electron chi connectivity index (χ1n) is 9.77. The van der Waals surface area contributed by atoms with Crippen molar-refractivity contribution in [2.45, 2.75) is 33.2 Å². The molecule has 0 amide bonds. The van der Waals surface area contributed by atoms with Crippen LogP contribution in [0.5, 0.6) is 17.4 Å². The van der Waals surface area contributed by atoms with Gasteiger partial charge in [-0.25, -0.2) is 9.98 Å². The molecule has 7 nitrogen and oxygen atoms in total. The van der Waals surface area contributed by atoms with E-state index in [0.717, 1.165) is 49.0 Å². The van der Waals surface area contributed by atoms with E-state index < -0.39 is 0 Å². The topological polar surface area (TPSA) is 77.0 Å². The van der Waals surface area contributed by atoms with Crippen molar-refractivity contribution in [2.24, 2.45) is 4.99 Å². The standard InChI is InChI=1S/C21H28N4O3.HI/c1-3-11-26-20-8-6-17(13-24-20)14-25-21(22-4-2)23-10-9-16-5-7-18-19(12-16)28-15-27-18;/h5-8,12-13H,3-4,9-11,14-15H2,1-2H3,(H2,22,23,25);1H. The molecule has 0 unspecified atom stereocenters. The molecule has 158 valence electrons. The van der Waals surface area contributed by atoms with Crippen molar-refractivity contribution >= 4 is 29.9 Å². The molecular weight excluding hydrogens is 483 g/mol. The van der Waals surface area contributed by atoms with Crippen molar-refractivity contribution in [1.29, 1.82) is 0 Å². The summed E-state index contributed by atoms with van der Waals surface area (Å²) in [6.07, 6.45) is 3.65. The van der Waals surface area contributed by atoms with Crippen LogP contribution in [-0.2, 0) is 13.0 Å². The lowest BCUT2D eigenvalue weighted by Crippen LogP contribution is -2.38. The number of fused-ring (bicyclic) bond motifs is 1. The fourth-order valence-corrected chi connectivity index (χ4v) is 2.73. The third kappa shape index (κ3) is 7.26. The monoisotopic (exact) mass is 512 g/mol. The quantitative estimate of drug-likeness (QED) is 0.304. The van der Waals surface area contributed by atoms with Gasteiger partial charge < -0.3 is 24.8 Å². The van der Waals surface area contributed by atoms with Gasteiger partial charge in [-0.1, -0.05) is 19.1 Å². The van der Waals surface area contributed by atoms with Gasteiger partial charge in [0.15, 0.2) is 17.5 Å². The van der Waals surface area contributed by atoms with Crippen LogP contribution >= 0.6 is 24.0 Å². The summed E-state index contributed by atoms with van der Waals surface area (Å²) < 4.78 is 16.3. The van der Waals surface area contributed by atoms with E-state index in [1.54, 1.807) is 0 Å². The third-order valence-corrected chi connectivity index (χ3v) is 4.16. The van der Waals surface area contributed by atoms with Crippen molar-refractivity contribution in [2.75, 3.05) is 26.5 Å². The molecule has 2 N–H and O–H groups in total. The van der Waals surface area contributed by atoms with E-state index in [2.05, 4.69) is 40.5 Å². The largest absolute Gasteiger partial charge is 0.478 e. The van der Waals surface area contributed by atoms with Gasteiger partial charge in [0.1, 0.15) is 0 Å². The molecule has 1 aromatic carbocycles. The molecule has 0 radical (unpaired) electrons. The number of hydrogen-bond donors (Lipinski definition) is 2. The average Bonchev–Trinajstić information content (AvgIpc) is 3.19. The molecule has 1 aliphatic rings. The molecule has 0 bridgehead atoms. The van der Waals surface area contributed by atoms with E-state index in [9.17, 15) is 0 Å². The number of guanidine groups is 1. The molecule has 0 saturated heterocycles. The maximum absolute atomic E-state index is 5.51. The number of nitrogens with one attached hydrogen (secondary N) is 2. The first-order valence-corrected chi connectivity index (χ1v) is 9.77. The second-order valence-electron chi connectivity index (χ2n) is 6.41. The van der Waals surface area contributed by atoms with Gasteiger partial charge in [0.25, 0.3) is 0 Å². The Hall–Kier alpha value is -2.23. The fraction of sp³-hybridized carbons (Fsp3) is 0.429. The smallest absolute Gasteiger partial charge is 0.231 e. The summed E-state index contributed by atoms with van der Waals surface area (Å²) in [6.45, 7) is 7.24. The molecular formula is C21H29IN4O3. The molecule has 8 heteroatoms. The second kappa shape index (κ2) is 12.4. The molecule has 0 spiro atoms.